The Balaban J connectivity index is 0.000000189. The summed E-state index contributed by atoms with van der Waals surface area (Å²) in [6.07, 6.45) is 7.85. The van der Waals surface area contributed by atoms with Crippen molar-refractivity contribution in [3.8, 4) is 11.5 Å². The van der Waals surface area contributed by atoms with Gasteiger partial charge in [-0.05, 0) is 129 Å². The number of ether oxygens (including phenoxy) is 2. The van der Waals surface area contributed by atoms with Crippen molar-refractivity contribution in [3.63, 3.8) is 0 Å². The molecule has 360 valence electrons. The van der Waals surface area contributed by atoms with Gasteiger partial charge in [0, 0.05) is 80.3 Å². The summed E-state index contributed by atoms with van der Waals surface area (Å²) in [4.78, 5) is 77.8. The zero-order chi connectivity index (χ0) is 49.6. The summed E-state index contributed by atoms with van der Waals surface area (Å²) >= 11 is 10.6. The lowest BCUT2D eigenvalue weighted by Gasteiger charge is -2.20. The fourth-order valence-corrected chi connectivity index (χ4v) is 10.2. The van der Waals surface area contributed by atoms with Gasteiger partial charge in [0.15, 0.2) is 10.3 Å². The first-order chi connectivity index (χ1) is 33.8. The second-order valence-electron chi connectivity index (χ2n) is 16.5. The van der Waals surface area contributed by atoms with Gasteiger partial charge < -0.3 is 14.6 Å². The van der Waals surface area contributed by atoms with Crippen LogP contribution in [0.2, 0.25) is 5.02 Å². The molecule has 14 nitrogen and oxygen atoms in total. The Bertz CT molecular complexity index is 3220. The van der Waals surface area contributed by atoms with Crippen LogP contribution in [0.1, 0.15) is 66.4 Å². The molecular formula is C52H49ClN6O8S3. The third kappa shape index (κ3) is 10.7. The number of aromatic carboxylic acids is 1. The second kappa shape index (κ2) is 21.9. The zero-order valence-electron chi connectivity index (χ0n) is 39.0. The molecule has 4 aromatic heterocycles. The third-order valence-electron chi connectivity index (χ3n) is 12.2. The van der Waals surface area contributed by atoms with Crippen LogP contribution in [0.25, 0.3) is 21.8 Å². The Labute approximate surface area is 421 Å². The minimum absolute atomic E-state index is 0.0335. The quantitative estimate of drug-likeness (QED) is 0.0979. The van der Waals surface area contributed by atoms with Crippen molar-refractivity contribution in [3.05, 3.63) is 152 Å². The number of benzene rings is 4. The Hall–Kier alpha value is -6.79. The van der Waals surface area contributed by atoms with E-state index in [9.17, 15) is 29.1 Å². The number of fused-ring (bicyclic) bond motifs is 2. The van der Waals surface area contributed by atoms with Gasteiger partial charge in [0.1, 0.15) is 11.5 Å². The highest BCUT2D eigenvalue weighted by atomic mass is 35.5. The average Bonchev–Trinajstić information content (AvgIpc) is 3.66. The Kier molecular flexibility index (Phi) is 15.5. The largest absolute Gasteiger partial charge is 0.497 e. The van der Waals surface area contributed by atoms with E-state index in [0.29, 0.717) is 62.6 Å². The molecular weight excluding hydrogens is 968 g/mol. The number of aromatic nitrogens is 4. The van der Waals surface area contributed by atoms with Crippen LogP contribution < -0.4 is 19.3 Å². The van der Waals surface area contributed by atoms with Crippen molar-refractivity contribution in [1.29, 1.82) is 0 Å². The predicted molar refractivity (Wildman–Crippen MR) is 278 cm³/mol. The van der Waals surface area contributed by atoms with Crippen molar-refractivity contribution in [2.45, 2.75) is 39.5 Å². The van der Waals surface area contributed by atoms with Crippen molar-refractivity contribution in [2.75, 3.05) is 49.1 Å². The van der Waals surface area contributed by atoms with Gasteiger partial charge in [-0.25, -0.2) is 14.8 Å². The van der Waals surface area contributed by atoms with E-state index in [1.165, 1.54) is 34.8 Å². The summed E-state index contributed by atoms with van der Waals surface area (Å²) in [7, 11) is 3.17. The Morgan fingerprint density at radius 2 is 1.23 bits per heavy atom. The fourth-order valence-electron chi connectivity index (χ4n) is 8.33. The van der Waals surface area contributed by atoms with Gasteiger partial charge in [-0.15, -0.1) is 22.7 Å². The first-order valence-corrected chi connectivity index (χ1v) is 25.8. The Morgan fingerprint density at radius 1 is 0.714 bits per heavy atom. The molecule has 0 radical (unpaired) electrons. The maximum Gasteiger partial charge on any atom is 0.335 e. The summed E-state index contributed by atoms with van der Waals surface area (Å²) < 4.78 is 14.1. The van der Waals surface area contributed by atoms with Gasteiger partial charge in [0.05, 0.1) is 43.7 Å². The lowest BCUT2D eigenvalue weighted by molar-refractivity contribution is -0.118. The van der Waals surface area contributed by atoms with Crippen LogP contribution in [-0.4, -0.2) is 93.1 Å². The molecule has 4 aromatic carbocycles. The number of amides is 2. The van der Waals surface area contributed by atoms with Gasteiger partial charge in [-0.3, -0.25) is 38.1 Å². The second-order valence-corrected chi connectivity index (χ2v) is 19.7. The van der Waals surface area contributed by atoms with E-state index in [1.807, 2.05) is 55.1 Å². The maximum atomic E-state index is 13.6. The maximum absolute atomic E-state index is 13.6. The molecule has 1 N–H and O–H groups in total. The van der Waals surface area contributed by atoms with Gasteiger partial charge in [0.2, 0.25) is 11.8 Å². The minimum Gasteiger partial charge on any atom is -0.497 e. The van der Waals surface area contributed by atoms with E-state index in [0.717, 1.165) is 51.7 Å². The number of halogens is 1. The molecule has 0 spiro atoms. The molecule has 0 unspecified atom stereocenters. The molecule has 0 bridgehead atoms. The van der Waals surface area contributed by atoms with Crippen molar-refractivity contribution in [1.82, 2.24) is 19.1 Å². The van der Waals surface area contributed by atoms with Gasteiger partial charge >= 0.3 is 5.97 Å². The molecule has 1 aliphatic rings. The number of rotatable bonds is 16. The zero-order valence-corrected chi connectivity index (χ0v) is 42.2. The van der Waals surface area contributed by atoms with Crippen molar-refractivity contribution < 1.29 is 38.6 Å². The monoisotopic (exact) mass is 1020 g/mol. The number of hydrogen-bond donors (Lipinski definition) is 1. The van der Waals surface area contributed by atoms with Crippen LogP contribution in [0.5, 0.6) is 11.5 Å². The molecule has 8 aromatic rings. The molecule has 0 aliphatic heterocycles. The number of carbonyl (C=O) groups excluding carboxylic acids is 4. The number of carboxylic acids is 1. The summed E-state index contributed by atoms with van der Waals surface area (Å²) in [5, 5.41) is 16.6. The summed E-state index contributed by atoms with van der Waals surface area (Å²) in [5.41, 5.74) is 5.04. The van der Waals surface area contributed by atoms with E-state index in [2.05, 4.69) is 9.97 Å². The SMILES string of the molecule is COc1ccc2c(c1)c(CC(=O)N(CC1CC1)c1nccs1)c(C)n2C(=O)c1cccc(C(=O)O)c1.COc1ccc2c(c1)c(CC(=O)N(CCSC)c1nccs1)c(C)n2C(=O)c1ccc(Cl)cc1. The molecule has 1 fully saturated rings. The van der Waals surface area contributed by atoms with E-state index in [1.54, 1.807) is 106 Å². The number of nitrogens with zero attached hydrogens (tertiary/aromatic N) is 6. The fraction of sp³-hybridized carbons (Fsp3) is 0.250. The topological polar surface area (TPSA) is 166 Å². The highest BCUT2D eigenvalue weighted by molar-refractivity contribution is 7.98. The van der Waals surface area contributed by atoms with Crippen LogP contribution in [-0.2, 0) is 22.4 Å². The molecule has 70 heavy (non-hydrogen) atoms. The highest BCUT2D eigenvalue weighted by Gasteiger charge is 2.31. The molecule has 2 amide bonds. The molecule has 9 rings (SSSR count). The molecule has 0 atom stereocenters. The molecule has 4 heterocycles. The lowest BCUT2D eigenvalue weighted by Crippen LogP contribution is -2.34. The van der Waals surface area contributed by atoms with Crippen molar-refractivity contribution >= 4 is 108 Å². The van der Waals surface area contributed by atoms with Crippen LogP contribution in [0, 0.1) is 19.8 Å². The van der Waals surface area contributed by atoms with Gasteiger partial charge in [0.25, 0.3) is 11.8 Å². The molecule has 0 saturated heterocycles. The van der Waals surface area contributed by atoms with E-state index in [4.69, 9.17) is 21.1 Å². The van der Waals surface area contributed by atoms with E-state index in [-0.39, 0.29) is 47.6 Å². The summed E-state index contributed by atoms with van der Waals surface area (Å²) in [6, 6.07) is 23.7. The smallest absolute Gasteiger partial charge is 0.335 e. The van der Waals surface area contributed by atoms with Crippen LogP contribution in [0.3, 0.4) is 0 Å². The van der Waals surface area contributed by atoms with Gasteiger partial charge in [-0.2, -0.15) is 11.8 Å². The average molecular weight is 1020 g/mol. The summed E-state index contributed by atoms with van der Waals surface area (Å²) in [5.74, 6) is 0.780. The highest BCUT2D eigenvalue weighted by Crippen LogP contribution is 2.36. The summed E-state index contributed by atoms with van der Waals surface area (Å²) in [6.45, 7) is 4.88. The number of hydrogen-bond acceptors (Lipinski definition) is 12. The standard InChI is InChI=1S/C27H25N3O5S.C25H24ClN3O3S2/c1-16-21(14-24(31)29(15-17-6-7-17)27-28-10-11-36-27)22-13-20(35-2)8-9-23(22)30(16)25(32)18-4-3-5-19(12-18)26(33)34;1-16-20(15-23(30)28(11-13-33-3)25-27-10-12-34-25)21-14-19(32-2)8-9-22(21)29(16)24(31)17-4-6-18(26)7-5-17/h3-5,8-13,17H,6-7,14-15H2,1-2H3,(H,33,34);4-10,12,14H,11,13,15H2,1-3H3. The van der Waals surface area contributed by atoms with Crippen LogP contribution in [0.4, 0.5) is 10.3 Å². The molecule has 18 heteroatoms. The van der Waals surface area contributed by atoms with Crippen LogP contribution >= 0.6 is 46.0 Å². The number of thioether (sulfide) groups is 1. The van der Waals surface area contributed by atoms with Gasteiger partial charge in [-0.1, -0.05) is 17.7 Å². The van der Waals surface area contributed by atoms with E-state index >= 15 is 0 Å². The third-order valence-corrected chi connectivity index (χ3v) is 14.6. The molecule has 1 saturated carbocycles. The van der Waals surface area contributed by atoms with Crippen molar-refractivity contribution in [2.24, 2.45) is 5.92 Å². The number of carbonyl (C=O) groups is 5. The number of methoxy groups -OCH3 is 2. The Morgan fingerprint density at radius 3 is 1.71 bits per heavy atom. The first kappa shape index (κ1) is 49.6. The first-order valence-electron chi connectivity index (χ1n) is 22.2. The predicted octanol–water partition coefficient (Wildman–Crippen LogP) is 10.5. The number of anilines is 2. The normalized spacial score (nSPS) is 12.1. The van der Waals surface area contributed by atoms with Crippen LogP contribution in [0.15, 0.2) is 108 Å². The minimum atomic E-state index is -1.10. The molecule has 1 aliphatic carbocycles. The number of carboxylic acid groups (broad SMARTS) is 1. The lowest BCUT2D eigenvalue weighted by atomic mass is 10.1. The van der Waals surface area contributed by atoms with E-state index < -0.39 is 5.97 Å². The number of thiazole rings is 2.